The highest BCUT2D eigenvalue weighted by molar-refractivity contribution is 7.16. The Morgan fingerprint density at radius 3 is 2.57 bits per heavy atom. The molecule has 0 aliphatic rings. The van der Waals surface area contributed by atoms with Crippen molar-refractivity contribution in [3.05, 3.63) is 34.4 Å². The molecule has 0 N–H and O–H groups in total. The van der Waals surface area contributed by atoms with Crippen LogP contribution in [-0.2, 0) is 11.3 Å². The van der Waals surface area contributed by atoms with Crippen LogP contribution in [0.2, 0.25) is 0 Å². The van der Waals surface area contributed by atoms with Crippen LogP contribution in [0.25, 0.3) is 10.2 Å². The van der Waals surface area contributed by atoms with Gasteiger partial charge < -0.3 is 18.8 Å². The summed E-state index contributed by atoms with van der Waals surface area (Å²) in [5, 5.41) is 4.43. The molecule has 0 fully saturated rings. The lowest BCUT2D eigenvalue weighted by atomic mass is 10.3. The fourth-order valence-corrected chi connectivity index (χ4v) is 4.42. The second-order valence-electron chi connectivity index (χ2n) is 7.01. The van der Waals surface area contributed by atoms with Gasteiger partial charge in [-0.1, -0.05) is 11.3 Å². The number of fused-ring (bicyclic) bond motifs is 1. The molecule has 0 aliphatic heterocycles. The fraction of sp³-hybridized carbons (Fsp3) is 0.476. The summed E-state index contributed by atoms with van der Waals surface area (Å²) in [5.74, 6) is 1.06. The molecule has 3 rings (SSSR count). The van der Waals surface area contributed by atoms with Crippen LogP contribution in [0, 0.1) is 6.92 Å². The molecule has 0 bridgehead atoms. The summed E-state index contributed by atoms with van der Waals surface area (Å²) >= 11 is 1.39. The number of aromatic nitrogens is 3. The Bertz CT molecular complexity index is 1110. The molecule has 0 aliphatic carbocycles. The molecule has 162 valence electrons. The Kier molecular flexibility index (Phi) is 6.94. The minimum Gasteiger partial charge on any atom is -0.495 e. The van der Waals surface area contributed by atoms with Crippen molar-refractivity contribution < 1.29 is 19.0 Å². The molecule has 2 heterocycles. The van der Waals surface area contributed by atoms with Crippen molar-refractivity contribution in [2.45, 2.75) is 40.3 Å². The Labute approximate surface area is 179 Å². The van der Waals surface area contributed by atoms with Crippen LogP contribution >= 0.6 is 11.3 Å². The number of hydrogen-bond donors (Lipinski definition) is 0. The number of methoxy groups -OCH3 is 2. The van der Waals surface area contributed by atoms with Gasteiger partial charge in [0, 0.05) is 19.2 Å². The molecule has 0 saturated carbocycles. The van der Waals surface area contributed by atoms with Crippen molar-refractivity contribution in [3.63, 3.8) is 0 Å². The van der Waals surface area contributed by atoms with Crippen LogP contribution in [0.15, 0.2) is 23.2 Å². The lowest BCUT2D eigenvalue weighted by Crippen LogP contribution is -2.21. The lowest BCUT2D eigenvalue weighted by Gasteiger charge is -2.10. The summed E-state index contributed by atoms with van der Waals surface area (Å²) in [5.41, 5.74) is 2.09. The molecule has 30 heavy (non-hydrogen) atoms. The van der Waals surface area contributed by atoms with E-state index in [9.17, 15) is 4.79 Å². The van der Waals surface area contributed by atoms with Crippen molar-refractivity contribution in [2.24, 2.45) is 4.99 Å². The predicted molar refractivity (Wildman–Crippen MR) is 117 cm³/mol. The summed E-state index contributed by atoms with van der Waals surface area (Å²) in [6.07, 6.45) is 0. The summed E-state index contributed by atoms with van der Waals surface area (Å²) in [6, 6.07) is 5.53. The van der Waals surface area contributed by atoms with Gasteiger partial charge in [0.05, 0.1) is 26.5 Å². The molecule has 2 aromatic heterocycles. The third-order valence-corrected chi connectivity index (χ3v) is 5.71. The van der Waals surface area contributed by atoms with Crippen LogP contribution in [0.3, 0.4) is 0 Å². The van der Waals surface area contributed by atoms with Gasteiger partial charge in [-0.3, -0.25) is 9.48 Å². The maximum atomic E-state index is 13.1. The molecular formula is C21H28N4O4S. The molecule has 1 aromatic carbocycles. The third kappa shape index (κ3) is 4.27. The Morgan fingerprint density at radius 2 is 1.93 bits per heavy atom. The minimum absolute atomic E-state index is 0.0560. The van der Waals surface area contributed by atoms with Gasteiger partial charge in [-0.15, -0.1) is 0 Å². The van der Waals surface area contributed by atoms with E-state index in [1.807, 2.05) is 44.4 Å². The maximum Gasteiger partial charge on any atom is 0.297 e. The van der Waals surface area contributed by atoms with Crippen molar-refractivity contribution in [3.8, 4) is 11.5 Å². The molecule has 0 radical (unpaired) electrons. The lowest BCUT2D eigenvalue weighted by molar-refractivity contribution is 0.0984. The van der Waals surface area contributed by atoms with Gasteiger partial charge in [0.15, 0.2) is 4.80 Å². The van der Waals surface area contributed by atoms with E-state index in [0.717, 1.165) is 15.9 Å². The number of carbonyl (C=O) groups excluding carboxylic acids is 1. The zero-order valence-corrected chi connectivity index (χ0v) is 19.1. The van der Waals surface area contributed by atoms with Gasteiger partial charge in [0.1, 0.15) is 27.4 Å². The average Bonchev–Trinajstić information content (AvgIpc) is 3.29. The van der Waals surface area contributed by atoms with Crippen LogP contribution in [0.4, 0.5) is 0 Å². The highest BCUT2D eigenvalue weighted by Crippen LogP contribution is 2.35. The number of aryl methyl sites for hydroxylation is 1. The molecule has 8 nitrogen and oxygen atoms in total. The highest BCUT2D eigenvalue weighted by Gasteiger charge is 2.19. The summed E-state index contributed by atoms with van der Waals surface area (Å²) in [4.78, 5) is 18.1. The number of amides is 1. The number of nitrogens with zero attached hydrogens (tertiary/aromatic N) is 4. The Balaban J connectivity index is 2.21. The van der Waals surface area contributed by atoms with E-state index < -0.39 is 0 Å². The van der Waals surface area contributed by atoms with Crippen LogP contribution < -0.4 is 14.3 Å². The molecule has 0 spiro atoms. The van der Waals surface area contributed by atoms with E-state index in [2.05, 4.69) is 10.1 Å². The molecule has 1 amide bonds. The van der Waals surface area contributed by atoms with Crippen molar-refractivity contribution in [1.82, 2.24) is 14.3 Å². The van der Waals surface area contributed by atoms with E-state index in [0.29, 0.717) is 41.8 Å². The summed E-state index contributed by atoms with van der Waals surface area (Å²) < 4.78 is 21.2. The average molecular weight is 433 g/mol. The molecule has 3 aromatic rings. The van der Waals surface area contributed by atoms with Crippen LogP contribution in [-0.4, -0.2) is 47.7 Å². The Hall–Kier alpha value is -2.65. The van der Waals surface area contributed by atoms with Crippen molar-refractivity contribution >= 4 is 27.5 Å². The second-order valence-corrected chi connectivity index (χ2v) is 7.98. The molecule has 0 unspecified atom stereocenters. The fourth-order valence-electron chi connectivity index (χ4n) is 3.26. The summed E-state index contributed by atoms with van der Waals surface area (Å²) in [6.45, 7) is 9.43. The Morgan fingerprint density at radius 1 is 1.23 bits per heavy atom. The van der Waals surface area contributed by atoms with Gasteiger partial charge >= 0.3 is 0 Å². The van der Waals surface area contributed by atoms with Gasteiger partial charge in [0.2, 0.25) is 0 Å². The topological polar surface area (TPSA) is 79.9 Å². The van der Waals surface area contributed by atoms with Crippen LogP contribution in [0.5, 0.6) is 11.5 Å². The quantitative estimate of drug-likeness (QED) is 0.508. The van der Waals surface area contributed by atoms with E-state index >= 15 is 0 Å². The molecule has 9 heteroatoms. The van der Waals surface area contributed by atoms with Gasteiger partial charge in [-0.2, -0.15) is 10.1 Å². The number of thiazole rings is 1. The number of carbonyl (C=O) groups is 1. The van der Waals surface area contributed by atoms with Gasteiger partial charge in [-0.05, 0) is 45.9 Å². The van der Waals surface area contributed by atoms with E-state index in [1.165, 1.54) is 11.3 Å². The van der Waals surface area contributed by atoms with E-state index in [4.69, 9.17) is 14.2 Å². The largest absolute Gasteiger partial charge is 0.495 e. The normalized spacial score (nSPS) is 12.2. The zero-order chi connectivity index (χ0) is 21.8. The number of hydrogen-bond acceptors (Lipinski definition) is 6. The standard InChI is InChI=1S/C21H28N4O4S/c1-7-29-11-10-24-18-16(27-5)8-9-17(28-6)19(18)30-21(24)22-20(26)15-12-14(4)23-25(15)13(2)3/h8-9,12-13H,7,10-11H2,1-6H3. The van der Waals surface area contributed by atoms with Gasteiger partial charge in [-0.25, -0.2) is 0 Å². The van der Waals surface area contributed by atoms with Crippen molar-refractivity contribution in [1.29, 1.82) is 0 Å². The SMILES string of the molecule is CCOCCn1c(=NC(=O)c2cc(C)nn2C(C)C)sc2c(OC)ccc(OC)c21. The first-order valence-electron chi connectivity index (χ1n) is 9.88. The first kappa shape index (κ1) is 22.0. The zero-order valence-electron chi connectivity index (χ0n) is 18.3. The first-order chi connectivity index (χ1) is 14.4. The third-order valence-electron chi connectivity index (χ3n) is 4.62. The van der Waals surface area contributed by atoms with E-state index in [-0.39, 0.29) is 11.9 Å². The molecule has 0 saturated heterocycles. The van der Waals surface area contributed by atoms with Gasteiger partial charge in [0.25, 0.3) is 5.91 Å². The highest BCUT2D eigenvalue weighted by atomic mass is 32.1. The monoisotopic (exact) mass is 432 g/mol. The number of benzene rings is 1. The summed E-state index contributed by atoms with van der Waals surface area (Å²) in [7, 11) is 3.25. The smallest absolute Gasteiger partial charge is 0.297 e. The van der Waals surface area contributed by atoms with Crippen LogP contribution in [0.1, 0.15) is 43.0 Å². The first-order valence-corrected chi connectivity index (χ1v) is 10.7. The second kappa shape index (κ2) is 9.44. The minimum atomic E-state index is -0.334. The maximum absolute atomic E-state index is 13.1. The van der Waals surface area contributed by atoms with E-state index in [1.54, 1.807) is 25.0 Å². The number of rotatable bonds is 8. The number of ether oxygens (including phenoxy) is 3. The predicted octanol–water partition coefficient (Wildman–Crippen LogP) is 3.58. The molecule has 0 atom stereocenters. The molecular weight excluding hydrogens is 404 g/mol. The van der Waals surface area contributed by atoms with Crippen molar-refractivity contribution in [2.75, 3.05) is 27.4 Å².